The molecule has 1 aromatic heterocycles. The van der Waals surface area contributed by atoms with Crippen LogP contribution in [0.1, 0.15) is 62.7 Å². The Kier molecular flexibility index (Phi) is 5.97. The van der Waals surface area contributed by atoms with Crippen LogP contribution in [0, 0.1) is 5.92 Å². The Morgan fingerprint density at radius 1 is 1.12 bits per heavy atom. The van der Waals surface area contributed by atoms with Gasteiger partial charge in [-0.25, -0.2) is 4.68 Å². The molecule has 2 aliphatic heterocycles. The average Bonchev–Trinajstić information content (AvgIpc) is 3.29. The fraction of sp³-hybridized carbons (Fsp3) is 0.615. The molecule has 2 aromatic rings. The predicted octanol–water partition coefficient (Wildman–Crippen LogP) is 4.35. The Bertz CT molecular complexity index is 986. The highest BCUT2D eigenvalue weighted by Crippen LogP contribution is 2.40. The van der Waals surface area contributed by atoms with E-state index in [4.69, 9.17) is 4.74 Å². The van der Waals surface area contributed by atoms with E-state index >= 15 is 0 Å². The molecular weight excluding hydrogens is 414 g/mol. The number of rotatable bonds is 4. The molecule has 3 aliphatic rings. The Balaban J connectivity index is 1.30. The van der Waals surface area contributed by atoms with Crippen molar-refractivity contribution in [1.82, 2.24) is 14.7 Å². The van der Waals surface area contributed by atoms with E-state index < -0.39 is 0 Å². The molecule has 1 aliphatic carbocycles. The summed E-state index contributed by atoms with van der Waals surface area (Å²) in [6.45, 7) is 7.53. The molecule has 1 amide bonds. The Morgan fingerprint density at radius 2 is 1.88 bits per heavy atom. The van der Waals surface area contributed by atoms with E-state index in [1.54, 1.807) is 13.3 Å². The van der Waals surface area contributed by atoms with Crippen LogP contribution in [0.25, 0.3) is 0 Å². The maximum Gasteiger partial charge on any atom is 0.259 e. The first kappa shape index (κ1) is 22.1. The van der Waals surface area contributed by atoms with E-state index in [1.165, 1.54) is 32.1 Å². The van der Waals surface area contributed by atoms with Gasteiger partial charge in [-0.2, -0.15) is 5.10 Å². The van der Waals surface area contributed by atoms with E-state index in [1.807, 2.05) is 21.7 Å². The molecule has 1 atom stereocenters. The van der Waals surface area contributed by atoms with E-state index in [0.29, 0.717) is 25.0 Å². The molecule has 1 N–H and O–H groups in total. The fourth-order valence-electron chi connectivity index (χ4n) is 5.92. The normalized spacial score (nSPS) is 23.1. The lowest BCUT2D eigenvalue weighted by Gasteiger charge is -2.42. The van der Waals surface area contributed by atoms with Gasteiger partial charge in [0.25, 0.3) is 5.91 Å². The van der Waals surface area contributed by atoms with Crippen LogP contribution in [0.15, 0.2) is 30.5 Å². The lowest BCUT2D eigenvalue weighted by atomic mass is 9.78. The minimum absolute atomic E-state index is 0.0910. The van der Waals surface area contributed by atoms with Gasteiger partial charge in [-0.05, 0) is 51.2 Å². The van der Waals surface area contributed by atoms with Crippen LogP contribution in [-0.2, 0) is 5.54 Å². The number of nitrogens with zero attached hydrogens (tertiary/aromatic N) is 4. The third-order valence-electron chi connectivity index (χ3n) is 7.82. The fourth-order valence-corrected chi connectivity index (χ4v) is 5.92. The monoisotopic (exact) mass is 451 g/mol. The second-order valence-electron chi connectivity index (χ2n) is 10.5. The van der Waals surface area contributed by atoms with Gasteiger partial charge in [-0.1, -0.05) is 25.3 Å². The van der Waals surface area contributed by atoms with E-state index in [2.05, 4.69) is 41.3 Å². The van der Waals surface area contributed by atoms with Crippen molar-refractivity contribution < 1.29 is 9.53 Å². The number of benzene rings is 1. The second-order valence-corrected chi connectivity index (χ2v) is 10.5. The number of carbonyl (C=O) groups is 1. The minimum Gasteiger partial charge on any atom is -0.497 e. The first-order valence-electron chi connectivity index (χ1n) is 12.5. The quantitative estimate of drug-likeness (QED) is 0.749. The Hall–Kier alpha value is -2.70. The number of hydrogen-bond acceptors (Lipinski definition) is 5. The molecule has 33 heavy (non-hydrogen) atoms. The lowest BCUT2D eigenvalue weighted by Crippen LogP contribution is -2.49. The Labute approximate surface area is 197 Å². The SMILES string of the molecule is COc1cccc(N2CCN(C(=O)c3cnn4c3NC(C3CCCCC3)CC4(C)C)CC2)c1. The van der Waals surface area contributed by atoms with Crippen LogP contribution in [0.2, 0.25) is 0 Å². The number of methoxy groups -OCH3 is 1. The van der Waals surface area contributed by atoms with Gasteiger partial charge in [0.2, 0.25) is 0 Å². The predicted molar refractivity (Wildman–Crippen MR) is 131 cm³/mol. The molecule has 1 aromatic carbocycles. The summed E-state index contributed by atoms with van der Waals surface area (Å²) in [5.41, 5.74) is 1.77. The third kappa shape index (κ3) is 4.30. The van der Waals surface area contributed by atoms with Crippen LogP contribution in [0.4, 0.5) is 11.5 Å². The van der Waals surface area contributed by atoms with Crippen molar-refractivity contribution >= 4 is 17.4 Å². The molecule has 1 saturated carbocycles. The van der Waals surface area contributed by atoms with Crippen LogP contribution >= 0.6 is 0 Å². The molecule has 1 unspecified atom stereocenters. The zero-order valence-corrected chi connectivity index (χ0v) is 20.2. The van der Waals surface area contributed by atoms with Gasteiger partial charge < -0.3 is 19.9 Å². The molecule has 7 nitrogen and oxygen atoms in total. The smallest absolute Gasteiger partial charge is 0.259 e. The summed E-state index contributed by atoms with van der Waals surface area (Å²) in [6, 6.07) is 8.55. The molecule has 2 fully saturated rings. The standard InChI is InChI=1S/C26H37N5O2/c1-26(2)17-23(19-8-5-4-6-9-19)28-24-22(18-27-31(24)26)25(32)30-14-12-29(13-15-30)20-10-7-11-21(16-20)33-3/h7,10-11,16,18-19,23,28H,4-6,8-9,12-15,17H2,1-3H3. The first-order valence-corrected chi connectivity index (χ1v) is 12.5. The van der Waals surface area contributed by atoms with Gasteiger partial charge in [-0.15, -0.1) is 0 Å². The molecule has 0 spiro atoms. The van der Waals surface area contributed by atoms with Crippen molar-refractivity contribution in [3.63, 3.8) is 0 Å². The summed E-state index contributed by atoms with van der Waals surface area (Å²) in [6.07, 6.45) is 9.42. The van der Waals surface area contributed by atoms with Gasteiger partial charge in [0.15, 0.2) is 0 Å². The topological polar surface area (TPSA) is 62.6 Å². The van der Waals surface area contributed by atoms with Gasteiger partial charge in [0.1, 0.15) is 17.1 Å². The summed E-state index contributed by atoms with van der Waals surface area (Å²) in [7, 11) is 1.69. The van der Waals surface area contributed by atoms with Crippen LogP contribution in [0.5, 0.6) is 5.75 Å². The molecule has 178 valence electrons. The van der Waals surface area contributed by atoms with Gasteiger partial charge >= 0.3 is 0 Å². The molecule has 5 rings (SSSR count). The number of nitrogens with one attached hydrogen (secondary N) is 1. The summed E-state index contributed by atoms with van der Waals surface area (Å²) in [5, 5.41) is 8.44. The first-order chi connectivity index (χ1) is 16.0. The zero-order chi connectivity index (χ0) is 23.0. The van der Waals surface area contributed by atoms with Crippen molar-refractivity contribution in [2.24, 2.45) is 5.92 Å². The van der Waals surface area contributed by atoms with Crippen molar-refractivity contribution in [2.45, 2.75) is 64.0 Å². The molecule has 0 radical (unpaired) electrons. The summed E-state index contributed by atoms with van der Waals surface area (Å²) in [5.74, 6) is 2.56. The highest BCUT2D eigenvalue weighted by atomic mass is 16.5. The number of aromatic nitrogens is 2. The van der Waals surface area contributed by atoms with Gasteiger partial charge in [0, 0.05) is 44.0 Å². The lowest BCUT2D eigenvalue weighted by molar-refractivity contribution is 0.0747. The molecule has 7 heteroatoms. The number of carbonyl (C=O) groups excluding carboxylic acids is 1. The van der Waals surface area contributed by atoms with Crippen LogP contribution in [-0.4, -0.2) is 59.9 Å². The largest absolute Gasteiger partial charge is 0.497 e. The van der Waals surface area contributed by atoms with Gasteiger partial charge in [0.05, 0.1) is 18.8 Å². The summed E-state index contributed by atoms with van der Waals surface area (Å²) in [4.78, 5) is 17.9. The summed E-state index contributed by atoms with van der Waals surface area (Å²) >= 11 is 0. The maximum absolute atomic E-state index is 13.6. The molecule has 1 saturated heterocycles. The zero-order valence-electron chi connectivity index (χ0n) is 20.2. The number of piperazine rings is 1. The third-order valence-corrected chi connectivity index (χ3v) is 7.82. The second kappa shape index (κ2) is 8.92. The van der Waals surface area contributed by atoms with Crippen LogP contribution in [0.3, 0.4) is 0 Å². The highest BCUT2D eigenvalue weighted by molar-refractivity contribution is 5.99. The van der Waals surface area contributed by atoms with Crippen molar-refractivity contribution in [1.29, 1.82) is 0 Å². The molecule has 0 bridgehead atoms. The van der Waals surface area contributed by atoms with E-state index in [9.17, 15) is 4.79 Å². The van der Waals surface area contributed by atoms with E-state index in [0.717, 1.165) is 42.3 Å². The minimum atomic E-state index is -0.0910. The van der Waals surface area contributed by atoms with Crippen molar-refractivity contribution in [2.75, 3.05) is 43.5 Å². The number of anilines is 2. The number of hydrogen-bond donors (Lipinski definition) is 1. The summed E-state index contributed by atoms with van der Waals surface area (Å²) < 4.78 is 7.42. The number of ether oxygens (including phenoxy) is 1. The highest BCUT2D eigenvalue weighted by Gasteiger charge is 2.40. The molecular formula is C26H37N5O2. The van der Waals surface area contributed by atoms with Crippen molar-refractivity contribution in [3.8, 4) is 5.75 Å². The van der Waals surface area contributed by atoms with Crippen LogP contribution < -0.4 is 15.0 Å². The van der Waals surface area contributed by atoms with Gasteiger partial charge in [-0.3, -0.25) is 4.79 Å². The maximum atomic E-state index is 13.6. The molecule has 3 heterocycles. The number of fused-ring (bicyclic) bond motifs is 1. The van der Waals surface area contributed by atoms with Crippen molar-refractivity contribution in [3.05, 3.63) is 36.0 Å². The number of amides is 1. The average molecular weight is 452 g/mol. The Morgan fingerprint density at radius 3 is 2.61 bits per heavy atom. The van der Waals surface area contributed by atoms with E-state index in [-0.39, 0.29) is 11.4 Å².